The lowest BCUT2D eigenvalue weighted by Crippen LogP contribution is -2.12. The zero-order valence-electron chi connectivity index (χ0n) is 16.2. The number of benzene rings is 4. The molecule has 0 heterocycles. The standard InChI is InChI=1S/C26H22O3/c1-2-28-26(24-14-8-12-19-9-6-7-13-23(19)24)29-22-17-15-21(16-18-22)25(27)20-10-4-3-5-11-20/h3-18,26H,2H2,1H3. The van der Waals surface area contributed by atoms with E-state index in [0.717, 1.165) is 16.3 Å². The van der Waals surface area contributed by atoms with Crippen molar-refractivity contribution < 1.29 is 14.3 Å². The Morgan fingerprint density at radius 2 is 1.41 bits per heavy atom. The molecule has 0 aliphatic carbocycles. The summed E-state index contributed by atoms with van der Waals surface area (Å²) in [4.78, 5) is 12.6. The number of ether oxygens (including phenoxy) is 2. The maximum Gasteiger partial charge on any atom is 0.227 e. The van der Waals surface area contributed by atoms with Gasteiger partial charge in [-0.05, 0) is 42.0 Å². The first kappa shape index (κ1) is 18.9. The van der Waals surface area contributed by atoms with Crippen LogP contribution >= 0.6 is 0 Å². The maximum absolute atomic E-state index is 12.6. The first-order valence-electron chi connectivity index (χ1n) is 9.72. The Morgan fingerprint density at radius 3 is 2.17 bits per heavy atom. The third-order valence-electron chi connectivity index (χ3n) is 4.79. The average molecular weight is 382 g/mol. The van der Waals surface area contributed by atoms with E-state index in [-0.39, 0.29) is 5.78 Å². The van der Waals surface area contributed by atoms with E-state index in [0.29, 0.717) is 23.5 Å². The van der Waals surface area contributed by atoms with Crippen LogP contribution in [0.5, 0.6) is 5.75 Å². The molecule has 4 rings (SSSR count). The fraction of sp³-hybridized carbons (Fsp3) is 0.115. The van der Waals surface area contributed by atoms with Crippen LogP contribution in [-0.2, 0) is 4.74 Å². The molecule has 0 bridgehead atoms. The molecule has 144 valence electrons. The van der Waals surface area contributed by atoms with Crippen LogP contribution in [0.2, 0.25) is 0 Å². The quantitative estimate of drug-likeness (QED) is 0.283. The summed E-state index contributed by atoms with van der Waals surface area (Å²) in [5.74, 6) is 0.647. The summed E-state index contributed by atoms with van der Waals surface area (Å²) in [6.45, 7) is 2.47. The first-order chi connectivity index (χ1) is 14.3. The number of rotatable bonds is 7. The van der Waals surface area contributed by atoms with Crippen LogP contribution in [0.1, 0.15) is 34.7 Å². The third kappa shape index (κ3) is 4.20. The van der Waals surface area contributed by atoms with Crippen molar-refractivity contribution in [1.82, 2.24) is 0 Å². The van der Waals surface area contributed by atoms with Crippen LogP contribution in [-0.4, -0.2) is 12.4 Å². The van der Waals surface area contributed by atoms with Crippen LogP contribution in [0.4, 0.5) is 0 Å². The minimum absolute atomic E-state index is 0.00689. The summed E-state index contributed by atoms with van der Waals surface area (Å²) in [6, 6.07) is 30.7. The molecule has 0 aliphatic rings. The van der Waals surface area contributed by atoms with Crippen LogP contribution in [0, 0.1) is 0 Å². The average Bonchev–Trinajstić information content (AvgIpc) is 2.79. The van der Waals surface area contributed by atoms with Gasteiger partial charge >= 0.3 is 0 Å². The molecule has 0 radical (unpaired) electrons. The van der Waals surface area contributed by atoms with Gasteiger partial charge in [-0.15, -0.1) is 0 Å². The zero-order valence-corrected chi connectivity index (χ0v) is 16.2. The lowest BCUT2D eigenvalue weighted by Gasteiger charge is -2.21. The van der Waals surface area contributed by atoms with Gasteiger partial charge in [-0.2, -0.15) is 0 Å². The summed E-state index contributed by atoms with van der Waals surface area (Å²) in [5, 5.41) is 2.24. The second kappa shape index (κ2) is 8.72. The minimum atomic E-state index is -0.526. The summed E-state index contributed by atoms with van der Waals surface area (Å²) >= 11 is 0. The molecule has 0 saturated carbocycles. The Labute approximate surface area is 170 Å². The lowest BCUT2D eigenvalue weighted by atomic mass is 10.0. The number of hydrogen-bond donors (Lipinski definition) is 0. The molecule has 0 amide bonds. The predicted molar refractivity (Wildman–Crippen MR) is 115 cm³/mol. The highest BCUT2D eigenvalue weighted by molar-refractivity contribution is 6.09. The molecule has 0 saturated heterocycles. The fourth-order valence-electron chi connectivity index (χ4n) is 3.36. The molecule has 0 spiro atoms. The van der Waals surface area contributed by atoms with E-state index in [1.54, 1.807) is 12.1 Å². The second-order valence-electron chi connectivity index (χ2n) is 6.69. The molecular formula is C26H22O3. The van der Waals surface area contributed by atoms with Crippen molar-refractivity contribution in [3.8, 4) is 5.75 Å². The summed E-state index contributed by atoms with van der Waals surface area (Å²) in [7, 11) is 0. The molecule has 3 heteroatoms. The van der Waals surface area contributed by atoms with Gasteiger partial charge in [0.05, 0.1) is 0 Å². The molecule has 4 aromatic carbocycles. The van der Waals surface area contributed by atoms with Gasteiger partial charge in [0.25, 0.3) is 0 Å². The number of ketones is 1. The Balaban J connectivity index is 1.58. The van der Waals surface area contributed by atoms with E-state index in [2.05, 4.69) is 18.2 Å². The molecule has 1 atom stereocenters. The predicted octanol–water partition coefficient (Wildman–Crippen LogP) is 6.18. The van der Waals surface area contributed by atoms with Crippen molar-refractivity contribution in [3.05, 3.63) is 114 Å². The SMILES string of the molecule is CCOC(Oc1ccc(C(=O)c2ccccc2)cc1)c1cccc2ccccc12. The van der Waals surface area contributed by atoms with Gasteiger partial charge in [0.2, 0.25) is 6.29 Å². The topological polar surface area (TPSA) is 35.5 Å². The smallest absolute Gasteiger partial charge is 0.227 e. The zero-order chi connectivity index (χ0) is 20.1. The number of fused-ring (bicyclic) bond motifs is 1. The van der Waals surface area contributed by atoms with Crippen LogP contribution in [0.3, 0.4) is 0 Å². The van der Waals surface area contributed by atoms with Crippen molar-refractivity contribution in [1.29, 1.82) is 0 Å². The van der Waals surface area contributed by atoms with Crippen molar-refractivity contribution in [2.75, 3.05) is 6.61 Å². The molecule has 0 aromatic heterocycles. The molecule has 29 heavy (non-hydrogen) atoms. The van der Waals surface area contributed by atoms with Crippen molar-refractivity contribution >= 4 is 16.6 Å². The van der Waals surface area contributed by atoms with Gasteiger partial charge in [0.1, 0.15) is 5.75 Å². The first-order valence-corrected chi connectivity index (χ1v) is 9.72. The summed E-state index contributed by atoms with van der Waals surface area (Å²) < 4.78 is 12.1. The third-order valence-corrected chi connectivity index (χ3v) is 4.79. The van der Waals surface area contributed by atoms with Crippen LogP contribution in [0.25, 0.3) is 10.8 Å². The molecule has 0 N–H and O–H groups in total. The monoisotopic (exact) mass is 382 g/mol. The Morgan fingerprint density at radius 1 is 0.759 bits per heavy atom. The largest absolute Gasteiger partial charge is 0.461 e. The molecule has 0 aliphatic heterocycles. The van der Waals surface area contributed by atoms with E-state index < -0.39 is 6.29 Å². The van der Waals surface area contributed by atoms with Gasteiger partial charge in [-0.25, -0.2) is 0 Å². The minimum Gasteiger partial charge on any atom is -0.461 e. The summed E-state index contributed by atoms with van der Waals surface area (Å²) in [5.41, 5.74) is 2.28. The Kier molecular flexibility index (Phi) is 5.68. The molecular weight excluding hydrogens is 360 g/mol. The van der Waals surface area contributed by atoms with E-state index >= 15 is 0 Å². The van der Waals surface area contributed by atoms with E-state index in [1.807, 2.05) is 73.7 Å². The van der Waals surface area contributed by atoms with Crippen LogP contribution < -0.4 is 4.74 Å². The van der Waals surface area contributed by atoms with Gasteiger partial charge in [-0.3, -0.25) is 4.79 Å². The van der Waals surface area contributed by atoms with Crippen LogP contribution in [0.15, 0.2) is 97.1 Å². The van der Waals surface area contributed by atoms with Gasteiger partial charge in [0.15, 0.2) is 5.78 Å². The Hall–Kier alpha value is -3.43. The highest BCUT2D eigenvalue weighted by atomic mass is 16.7. The fourth-order valence-corrected chi connectivity index (χ4v) is 3.36. The van der Waals surface area contributed by atoms with Crippen molar-refractivity contribution in [3.63, 3.8) is 0 Å². The highest BCUT2D eigenvalue weighted by Crippen LogP contribution is 2.29. The van der Waals surface area contributed by atoms with Gasteiger partial charge in [-0.1, -0.05) is 72.8 Å². The van der Waals surface area contributed by atoms with E-state index in [1.165, 1.54) is 0 Å². The maximum atomic E-state index is 12.6. The second-order valence-corrected chi connectivity index (χ2v) is 6.69. The highest BCUT2D eigenvalue weighted by Gasteiger charge is 2.17. The van der Waals surface area contributed by atoms with Crippen molar-refractivity contribution in [2.24, 2.45) is 0 Å². The molecule has 1 unspecified atom stereocenters. The Bertz CT molecular complexity index is 1100. The number of hydrogen-bond acceptors (Lipinski definition) is 3. The van der Waals surface area contributed by atoms with Gasteiger partial charge < -0.3 is 9.47 Å². The van der Waals surface area contributed by atoms with E-state index in [9.17, 15) is 4.79 Å². The number of carbonyl (C=O) groups excluding carboxylic acids is 1. The molecule has 4 aromatic rings. The molecule has 3 nitrogen and oxygen atoms in total. The van der Waals surface area contributed by atoms with Gasteiger partial charge in [0, 0.05) is 23.3 Å². The summed E-state index contributed by atoms with van der Waals surface area (Å²) in [6.07, 6.45) is -0.526. The normalized spacial score (nSPS) is 11.9. The van der Waals surface area contributed by atoms with E-state index in [4.69, 9.17) is 9.47 Å². The molecule has 0 fully saturated rings. The lowest BCUT2D eigenvalue weighted by molar-refractivity contribution is -0.0776. The van der Waals surface area contributed by atoms with Crippen molar-refractivity contribution in [2.45, 2.75) is 13.2 Å². The number of carbonyl (C=O) groups is 1.